The number of hydrogen-bond acceptors (Lipinski definition) is 7. The van der Waals surface area contributed by atoms with E-state index in [-0.39, 0.29) is 0 Å². The van der Waals surface area contributed by atoms with E-state index in [0.717, 1.165) is 0 Å². The molecule has 0 heterocycles. The van der Waals surface area contributed by atoms with Crippen molar-refractivity contribution in [1.29, 1.82) is 1.43 Å². The summed E-state index contributed by atoms with van der Waals surface area (Å²) in [4.78, 5) is 10.5. The predicted octanol–water partition coefficient (Wildman–Crippen LogP) is -3.49. The second-order valence-electron chi connectivity index (χ2n) is 2.49. The minimum Gasteiger partial charge on any atom is -0.479 e. The van der Waals surface area contributed by atoms with Crippen molar-refractivity contribution in [3.05, 3.63) is 0 Å². The number of aliphatic hydroxyl groups excluding tert-OH is 5. The van der Waals surface area contributed by atoms with Gasteiger partial charge >= 0.3 is 5.97 Å². The predicted molar refractivity (Wildman–Crippen MR) is 38.7 cm³/mol. The first-order chi connectivity index (χ1) is 6.45. The van der Waals surface area contributed by atoms with E-state index in [4.69, 9.17) is 27.0 Å². The minimum absolute atomic E-state index is 0.846. The van der Waals surface area contributed by atoms with Gasteiger partial charge in [-0.3, -0.25) is 0 Å². The summed E-state index contributed by atoms with van der Waals surface area (Å²) in [6, 6.07) is 0. The molecule has 0 spiro atoms. The molecule has 0 aliphatic carbocycles. The van der Waals surface area contributed by atoms with Gasteiger partial charge in [-0.25, -0.2) is 4.79 Å². The highest BCUT2D eigenvalue weighted by molar-refractivity contribution is 5.72. The molecule has 0 saturated heterocycles. The maximum Gasteiger partial charge on any atom is 0.335 e. The molecule has 0 aliphatic rings. The van der Waals surface area contributed by atoms with E-state index >= 15 is 0 Å². The summed E-state index contributed by atoms with van der Waals surface area (Å²) in [5, 5.41) is 47.5. The van der Waals surface area contributed by atoms with Crippen molar-refractivity contribution in [1.82, 2.24) is 0 Å². The number of aliphatic hydroxyl groups is 5. The van der Waals surface area contributed by atoms with E-state index in [1.807, 2.05) is 0 Å². The summed E-state index contributed by atoms with van der Waals surface area (Å²) in [7, 11) is 0. The molecule has 78 valence electrons. The zero-order chi connectivity index (χ0) is 11.3. The molecule has 4 atom stereocenters. The molecular formula is C6H12O7. The van der Waals surface area contributed by atoms with E-state index in [0.29, 0.717) is 0 Å². The molecule has 13 heavy (non-hydrogen) atoms. The van der Waals surface area contributed by atoms with Crippen molar-refractivity contribution in [2.24, 2.45) is 0 Å². The Bertz CT molecular complexity index is 187. The number of aliphatic carboxylic acids is 1. The standard InChI is InChI=1S/C6H12O7/c7-1-2(8)3(9)4(10)5(11)6(12)13/h2-5,7-11H,1H2,(H,12,13)/t2-,3+,4-,5+/m1/s1/i/hD. The maximum atomic E-state index is 10.5. The smallest absolute Gasteiger partial charge is 0.335 e. The molecular weight excluding hydrogens is 184 g/mol. The van der Waals surface area contributed by atoms with Crippen LogP contribution in [0.1, 0.15) is 0 Å². The molecule has 0 radical (unpaired) electrons. The lowest BCUT2D eigenvalue weighted by atomic mass is 10.0. The van der Waals surface area contributed by atoms with Crippen LogP contribution in [0.5, 0.6) is 0 Å². The Kier molecular flexibility index (Phi) is 4.06. The van der Waals surface area contributed by atoms with Gasteiger partial charge in [0, 0.05) is 0 Å². The number of hydrogen-bond donors (Lipinski definition) is 6. The normalized spacial score (nSPS) is 21.2. The van der Waals surface area contributed by atoms with Gasteiger partial charge in [-0.05, 0) is 0 Å². The van der Waals surface area contributed by atoms with Gasteiger partial charge in [-0.15, -0.1) is 0 Å². The summed E-state index contributed by atoms with van der Waals surface area (Å²) in [5.41, 5.74) is 0. The molecule has 0 amide bonds. The molecule has 0 fully saturated rings. The minimum atomic E-state index is -2.15. The Balaban J connectivity index is 4.30. The van der Waals surface area contributed by atoms with E-state index in [2.05, 4.69) is 5.11 Å². The summed E-state index contributed by atoms with van der Waals surface area (Å²) in [6.07, 6.45) is -7.79. The molecule has 6 N–H and O–H groups in total. The van der Waals surface area contributed by atoms with Gasteiger partial charge in [-0.1, -0.05) is 0 Å². The highest BCUT2D eigenvalue weighted by Crippen LogP contribution is 2.04. The van der Waals surface area contributed by atoms with Gasteiger partial charge in [0.15, 0.2) is 6.10 Å². The molecule has 0 saturated carbocycles. The van der Waals surface area contributed by atoms with Crippen molar-refractivity contribution in [2.45, 2.75) is 24.4 Å². The summed E-state index contributed by atoms with van der Waals surface area (Å²) < 4.78 is 6.11. The Morgan fingerprint density at radius 3 is 2.15 bits per heavy atom. The van der Waals surface area contributed by atoms with Crippen molar-refractivity contribution in [2.75, 3.05) is 6.61 Å². The Labute approximate surface area is 75.0 Å². The molecule has 0 aromatic heterocycles. The second kappa shape index (κ2) is 5.10. The van der Waals surface area contributed by atoms with Crippen molar-refractivity contribution in [3.8, 4) is 0 Å². The van der Waals surface area contributed by atoms with Gasteiger partial charge in [0.2, 0.25) is 0 Å². The molecule has 0 aromatic carbocycles. The average Bonchev–Trinajstić information content (AvgIpc) is 2.23. The second-order valence-corrected chi connectivity index (χ2v) is 2.49. The fraction of sp³-hybridized carbons (Fsp3) is 0.833. The molecule has 0 bridgehead atoms. The Morgan fingerprint density at radius 1 is 1.23 bits per heavy atom. The first-order valence-corrected chi connectivity index (χ1v) is 3.45. The molecule has 7 nitrogen and oxygen atoms in total. The van der Waals surface area contributed by atoms with E-state index in [1.54, 1.807) is 0 Å². The van der Waals surface area contributed by atoms with Crippen LogP contribution < -0.4 is 0 Å². The van der Waals surface area contributed by atoms with Gasteiger partial charge in [-0.2, -0.15) is 0 Å². The van der Waals surface area contributed by atoms with E-state index in [9.17, 15) is 4.79 Å². The zero-order valence-corrected chi connectivity index (χ0v) is 6.57. The molecule has 7 heteroatoms. The van der Waals surface area contributed by atoms with Crippen LogP contribution in [0, 0.1) is 0 Å². The molecule has 0 aliphatic heterocycles. The monoisotopic (exact) mass is 197 g/mol. The van der Waals surface area contributed by atoms with Crippen LogP contribution in [0.25, 0.3) is 1.43 Å². The fourth-order valence-electron chi connectivity index (χ4n) is 0.662. The van der Waals surface area contributed by atoms with Gasteiger partial charge in [0.25, 0.3) is 1.43 Å². The highest BCUT2D eigenvalue weighted by Gasteiger charge is 2.33. The van der Waals surface area contributed by atoms with E-state index in [1.165, 1.54) is 0 Å². The van der Waals surface area contributed by atoms with Crippen LogP contribution in [0.4, 0.5) is 0 Å². The SMILES string of the molecule is [2H]OC(=O)[C@@H](O)[C@H](O)[C@@H](O)[C@H](O)CO. The lowest BCUT2D eigenvalue weighted by Crippen LogP contribution is -2.48. The third kappa shape index (κ3) is 3.25. The Hall–Kier alpha value is -0.730. The average molecular weight is 197 g/mol. The lowest BCUT2D eigenvalue weighted by Gasteiger charge is -2.23. The first kappa shape index (κ1) is 10.4. The van der Waals surface area contributed by atoms with Crippen LogP contribution in [0.15, 0.2) is 0 Å². The number of rotatable bonds is 5. The molecule has 0 rings (SSSR count). The quantitative estimate of drug-likeness (QED) is 0.269. The van der Waals surface area contributed by atoms with Crippen molar-refractivity contribution in [3.63, 3.8) is 0 Å². The first-order valence-electron chi connectivity index (χ1n) is 3.86. The lowest BCUT2D eigenvalue weighted by molar-refractivity contribution is -0.164. The summed E-state index contributed by atoms with van der Waals surface area (Å²) in [5.74, 6) is -1.47. The molecule has 0 aromatic rings. The highest BCUT2D eigenvalue weighted by atomic mass is 16.4. The molecule has 0 unspecified atom stereocenters. The zero-order valence-electron chi connectivity index (χ0n) is 7.57. The number of carboxylic acid groups (broad SMARTS) is 1. The van der Waals surface area contributed by atoms with Crippen LogP contribution in [-0.2, 0) is 4.79 Å². The third-order valence-corrected chi connectivity index (χ3v) is 1.50. The summed E-state index contributed by atoms with van der Waals surface area (Å²) >= 11 is 0. The van der Waals surface area contributed by atoms with Crippen molar-refractivity contribution >= 4 is 5.97 Å². The topological polar surface area (TPSA) is 138 Å². The maximum absolute atomic E-state index is 10.5. The van der Waals surface area contributed by atoms with Crippen molar-refractivity contribution < 1.29 is 35.4 Å². The van der Waals surface area contributed by atoms with E-state index < -0.39 is 37.0 Å². The van der Waals surface area contributed by atoms with Gasteiger partial charge in [0.05, 0.1) is 6.61 Å². The van der Waals surface area contributed by atoms with Crippen LogP contribution in [0.2, 0.25) is 0 Å². The third-order valence-electron chi connectivity index (χ3n) is 1.50. The summed E-state index contributed by atoms with van der Waals surface area (Å²) in [6.45, 7) is -0.846. The van der Waals surface area contributed by atoms with Gasteiger partial charge in [0.1, 0.15) is 18.3 Å². The van der Waals surface area contributed by atoms with Crippen LogP contribution in [-0.4, -0.2) is 67.6 Å². The number of carbonyl (C=O) groups is 1. The van der Waals surface area contributed by atoms with Crippen LogP contribution >= 0.6 is 0 Å². The largest absolute Gasteiger partial charge is 0.479 e. The Morgan fingerprint density at radius 2 is 1.77 bits per heavy atom. The number of carboxylic acids is 1. The fourth-order valence-corrected chi connectivity index (χ4v) is 0.662. The van der Waals surface area contributed by atoms with Crippen LogP contribution in [0.3, 0.4) is 0 Å². The van der Waals surface area contributed by atoms with Gasteiger partial charge < -0.3 is 30.6 Å².